The largest absolute Gasteiger partial charge is 0.444 e. The van der Waals surface area contributed by atoms with E-state index in [1.807, 2.05) is 45.9 Å². The first kappa shape index (κ1) is 21.3. The van der Waals surface area contributed by atoms with Crippen LogP contribution in [-0.4, -0.2) is 43.8 Å². The highest BCUT2D eigenvalue weighted by atomic mass is 32.2. The lowest BCUT2D eigenvalue weighted by Gasteiger charge is -2.35. The Bertz CT molecular complexity index is 898. The van der Waals surface area contributed by atoms with Gasteiger partial charge in [-0.25, -0.2) is 14.8 Å². The number of nitrogens with zero attached hydrogens (tertiary/aromatic N) is 3. The number of amidine groups is 1. The SMILES string of the molecule is CC(C)(C)OC(=O)NC1=N[C@](C)(c2cccc(-c3cncnc3)c2)C[C@@H](CO)S1. The topological polar surface area (TPSA) is 96.7 Å². The van der Waals surface area contributed by atoms with Crippen LogP contribution in [0.3, 0.4) is 0 Å². The highest BCUT2D eigenvalue weighted by Crippen LogP contribution is 2.40. The molecule has 0 radical (unpaired) electrons. The van der Waals surface area contributed by atoms with Crippen molar-refractivity contribution in [2.75, 3.05) is 6.61 Å². The molecule has 0 unspecified atom stereocenters. The summed E-state index contributed by atoms with van der Waals surface area (Å²) in [5.74, 6) is 0. The Balaban J connectivity index is 1.91. The van der Waals surface area contributed by atoms with E-state index in [0.29, 0.717) is 11.6 Å². The monoisotopic (exact) mass is 414 g/mol. The number of aromatic nitrogens is 2. The number of rotatable bonds is 3. The number of hydrogen-bond acceptors (Lipinski definition) is 7. The van der Waals surface area contributed by atoms with Crippen molar-refractivity contribution < 1.29 is 14.6 Å². The number of aliphatic hydroxyl groups excluding tert-OH is 1. The van der Waals surface area contributed by atoms with Gasteiger partial charge in [-0.05, 0) is 51.3 Å². The Hall–Kier alpha value is -2.45. The van der Waals surface area contributed by atoms with Gasteiger partial charge in [0.25, 0.3) is 0 Å². The molecule has 8 heteroatoms. The minimum atomic E-state index is -0.603. The van der Waals surface area contributed by atoms with E-state index in [2.05, 4.69) is 21.4 Å². The van der Waals surface area contributed by atoms with E-state index >= 15 is 0 Å². The molecular weight excluding hydrogens is 388 g/mol. The Kier molecular flexibility index (Phi) is 6.24. The maximum absolute atomic E-state index is 12.2. The second kappa shape index (κ2) is 8.51. The van der Waals surface area contributed by atoms with Crippen LogP contribution in [0.1, 0.15) is 39.7 Å². The van der Waals surface area contributed by atoms with Gasteiger partial charge in [-0.2, -0.15) is 0 Å². The van der Waals surface area contributed by atoms with Crippen molar-refractivity contribution in [2.24, 2.45) is 4.99 Å². The van der Waals surface area contributed by atoms with Gasteiger partial charge in [0.2, 0.25) is 0 Å². The van der Waals surface area contributed by atoms with Crippen molar-refractivity contribution in [3.63, 3.8) is 0 Å². The van der Waals surface area contributed by atoms with Crippen molar-refractivity contribution in [1.82, 2.24) is 15.3 Å². The first-order valence-electron chi connectivity index (χ1n) is 9.42. The zero-order valence-electron chi connectivity index (χ0n) is 17.0. The van der Waals surface area contributed by atoms with Gasteiger partial charge in [0.1, 0.15) is 11.9 Å². The standard InChI is InChI=1S/C21H26N4O3S/c1-20(2,3)28-19(27)24-18-25-21(4,9-17(12-26)29-18)16-7-5-6-14(8-16)15-10-22-13-23-11-15/h5-8,10-11,13,17,26H,9,12H2,1-4H3,(H,24,25,27)/t17-,21-/m0/s1. The Morgan fingerprint density at radius 1 is 1.31 bits per heavy atom. The number of aliphatic imine (C=N–C) groups is 1. The van der Waals surface area contributed by atoms with Gasteiger partial charge in [-0.15, -0.1) is 0 Å². The molecule has 0 fully saturated rings. The number of carbonyl (C=O) groups excluding carboxylic acids is 1. The van der Waals surface area contributed by atoms with Gasteiger partial charge < -0.3 is 9.84 Å². The van der Waals surface area contributed by atoms with E-state index in [1.165, 1.54) is 18.1 Å². The van der Waals surface area contributed by atoms with Crippen LogP contribution in [0.5, 0.6) is 0 Å². The van der Waals surface area contributed by atoms with Crippen molar-refractivity contribution in [2.45, 2.75) is 50.5 Å². The zero-order valence-corrected chi connectivity index (χ0v) is 17.9. The van der Waals surface area contributed by atoms with E-state index in [9.17, 15) is 9.90 Å². The molecule has 0 saturated carbocycles. The van der Waals surface area contributed by atoms with Crippen molar-refractivity contribution >= 4 is 23.0 Å². The highest BCUT2D eigenvalue weighted by Gasteiger charge is 2.36. The molecule has 2 heterocycles. The van der Waals surface area contributed by atoms with E-state index in [1.54, 1.807) is 12.4 Å². The number of hydrogen-bond donors (Lipinski definition) is 2. The summed E-state index contributed by atoms with van der Waals surface area (Å²) >= 11 is 1.35. The molecule has 154 valence electrons. The lowest BCUT2D eigenvalue weighted by Crippen LogP contribution is -2.41. The van der Waals surface area contributed by atoms with E-state index in [4.69, 9.17) is 9.73 Å². The van der Waals surface area contributed by atoms with Crippen LogP contribution in [0, 0.1) is 0 Å². The molecule has 1 aliphatic heterocycles. The lowest BCUT2D eigenvalue weighted by molar-refractivity contribution is 0.0564. The molecule has 3 rings (SSSR count). The fourth-order valence-electron chi connectivity index (χ4n) is 3.15. The molecule has 2 N–H and O–H groups in total. The number of carbonyl (C=O) groups is 1. The predicted molar refractivity (Wildman–Crippen MR) is 115 cm³/mol. The molecule has 1 aromatic heterocycles. The van der Waals surface area contributed by atoms with Gasteiger partial charge in [-0.3, -0.25) is 10.3 Å². The Morgan fingerprint density at radius 2 is 2.03 bits per heavy atom. The summed E-state index contributed by atoms with van der Waals surface area (Å²) < 4.78 is 5.34. The zero-order chi connectivity index (χ0) is 21.1. The maximum atomic E-state index is 12.2. The second-order valence-corrected chi connectivity index (χ2v) is 9.44. The minimum Gasteiger partial charge on any atom is -0.444 e. The molecule has 7 nitrogen and oxygen atoms in total. The average molecular weight is 415 g/mol. The van der Waals surface area contributed by atoms with E-state index < -0.39 is 17.2 Å². The van der Waals surface area contributed by atoms with Crippen molar-refractivity contribution in [1.29, 1.82) is 0 Å². The fraction of sp³-hybridized carbons (Fsp3) is 0.429. The number of nitrogens with one attached hydrogen (secondary N) is 1. The van der Waals surface area contributed by atoms with E-state index in [0.717, 1.165) is 16.7 Å². The molecular formula is C21H26N4O3S. The van der Waals surface area contributed by atoms with E-state index in [-0.39, 0.29) is 11.9 Å². The van der Waals surface area contributed by atoms with Crippen LogP contribution < -0.4 is 5.32 Å². The molecule has 0 spiro atoms. The average Bonchev–Trinajstić information content (AvgIpc) is 2.67. The molecule has 2 aromatic rings. The summed E-state index contributed by atoms with van der Waals surface area (Å²) in [6, 6.07) is 8.02. The normalized spacial score (nSPS) is 22.0. The number of thioether (sulfide) groups is 1. The Morgan fingerprint density at radius 3 is 2.69 bits per heavy atom. The van der Waals surface area contributed by atoms with Crippen molar-refractivity contribution in [3.05, 3.63) is 48.5 Å². The second-order valence-electron chi connectivity index (χ2n) is 8.15. The van der Waals surface area contributed by atoms with Crippen LogP contribution >= 0.6 is 11.8 Å². The molecule has 1 aromatic carbocycles. The van der Waals surface area contributed by atoms with Gasteiger partial charge in [0.15, 0.2) is 5.17 Å². The van der Waals surface area contributed by atoms with Gasteiger partial charge in [-0.1, -0.05) is 30.0 Å². The number of benzene rings is 1. The quantitative estimate of drug-likeness (QED) is 0.794. The molecule has 1 aliphatic rings. The fourth-order valence-corrected chi connectivity index (χ4v) is 4.35. The number of alkyl carbamates (subject to hydrolysis) is 1. The summed E-state index contributed by atoms with van der Waals surface area (Å²) in [6.07, 6.45) is 5.11. The number of aliphatic hydroxyl groups is 1. The first-order valence-corrected chi connectivity index (χ1v) is 10.3. The molecule has 2 atom stereocenters. The number of amides is 1. The number of ether oxygens (including phenoxy) is 1. The molecule has 0 saturated heterocycles. The first-order chi connectivity index (χ1) is 13.7. The summed E-state index contributed by atoms with van der Waals surface area (Å²) in [5.41, 5.74) is 1.68. The van der Waals surface area contributed by atoms with Crippen LogP contribution in [0.15, 0.2) is 48.0 Å². The van der Waals surface area contributed by atoms with Crippen LogP contribution in [0.4, 0.5) is 4.79 Å². The molecule has 29 heavy (non-hydrogen) atoms. The third kappa shape index (κ3) is 5.55. The predicted octanol–water partition coefficient (Wildman–Crippen LogP) is 3.74. The highest BCUT2D eigenvalue weighted by molar-refractivity contribution is 8.14. The Labute approximate surface area is 175 Å². The summed E-state index contributed by atoms with van der Waals surface area (Å²) in [5, 5.41) is 12.9. The smallest absolute Gasteiger partial charge is 0.413 e. The van der Waals surface area contributed by atoms with Gasteiger partial charge >= 0.3 is 6.09 Å². The molecule has 0 bridgehead atoms. The summed E-state index contributed by atoms with van der Waals surface area (Å²) in [4.78, 5) is 25.2. The van der Waals surface area contributed by atoms with Crippen LogP contribution in [-0.2, 0) is 10.3 Å². The minimum absolute atomic E-state index is 0.0124. The summed E-state index contributed by atoms with van der Waals surface area (Å²) in [6.45, 7) is 7.42. The van der Waals surface area contributed by atoms with Crippen molar-refractivity contribution in [3.8, 4) is 11.1 Å². The van der Waals surface area contributed by atoms with Crippen LogP contribution in [0.2, 0.25) is 0 Å². The summed E-state index contributed by atoms with van der Waals surface area (Å²) in [7, 11) is 0. The lowest BCUT2D eigenvalue weighted by atomic mass is 9.86. The van der Waals surface area contributed by atoms with Gasteiger partial charge in [0, 0.05) is 23.2 Å². The third-order valence-electron chi connectivity index (χ3n) is 4.44. The van der Waals surface area contributed by atoms with Crippen LogP contribution in [0.25, 0.3) is 11.1 Å². The third-order valence-corrected chi connectivity index (χ3v) is 5.51. The molecule has 0 aliphatic carbocycles. The maximum Gasteiger partial charge on any atom is 0.413 e. The van der Waals surface area contributed by atoms with Gasteiger partial charge in [0.05, 0.1) is 12.1 Å². The molecule has 1 amide bonds.